The van der Waals surface area contributed by atoms with Gasteiger partial charge in [0.25, 0.3) is 5.69 Å². The Balaban J connectivity index is 2.21. The molecule has 2 rings (SSSR count). The number of benzene rings is 2. The maximum absolute atomic E-state index is 12.1. The Hall–Kier alpha value is -3.15. The minimum absolute atomic E-state index is 0.0969. The van der Waals surface area contributed by atoms with E-state index in [9.17, 15) is 20.0 Å². The van der Waals surface area contributed by atoms with E-state index in [0.29, 0.717) is 0 Å². The monoisotopic (exact) mass is 312 g/mol. The van der Waals surface area contributed by atoms with Crippen molar-refractivity contribution in [1.29, 1.82) is 0 Å². The number of carbonyl (C=O) groups excluding carboxylic acids is 1. The molecule has 0 amide bonds. The fraction of sp³-hybridized carbons (Fsp3) is 0.118. The van der Waals surface area contributed by atoms with Crippen LogP contribution in [0.25, 0.3) is 6.08 Å². The maximum atomic E-state index is 12.1. The summed E-state index contributed by atoms with van der Waals surface area (Å²) in [6.07, 6.45) is 2.88. The lowest BCUT2D eigenvalue weighted by atomic mass is 10.1. The van der Waals surface area contributed by atoms with Crippen molar-refractivity contribution < 1.29 is 14.8 Å². The SMILES string of the molecule is CN(C)c1ccc(C=CC(=O)c2cc([N+](=O)[O-])ccc2O)cc1. The third-order valence-corrected chi connectivity index (χ3v) is 3.29. The first-order chi connectivity index (χ1) is 10.9. The summed E-state index contributed by atoms with van der Waals surface area (Å²) in [6.45, 7) is 0. The van der Waals surface area contributed by atoms with E-state index in [-0.39, 0.29) is 17.0 Å². The number of phenolic OH excluding ortho intramolecular Hbond substituents is 1. The Bertz CT molecular complexity index is 765. The number of ketones is 1. The fourth-order valence-corrected chi connectivity index (χ4v) is 1.98. The highest BCUT2D eigenvalue weighted by Crippen LogP contribution is 2.24. The number of nitrogens with zero attached hydrogens (tertiary/aromatic N) is 2. The first-order valence-corrected chi connectivity index (χ1v) is 6.85. The Morgan fingerprint density at radius 1 is 1.17 bits per heavy atom. The van der Waals surface area contributed by atoms with Gasteiger partial charge in [-0.25, -0.2) is 0 Å². The molecule has 0 radical (unpaired) electrons. The van der Waals surface area contributed by atoms with E-state index in [1.165, 1.54) is 6.08 Å². The third-order valence-electron chi connectivity index (χ3n) is 3.29. The van der Waals surface area contributed by atoms with E-state index in [0.717, 1.165) is 29.4 Å². The molecule has 1 N–H and O–H groups in total. The second kappa shape index (κ2) is 6.74. The number of nitro groups is 1. The van der Waals surface area contributed by atoms with Crippen molar-refractivity contribution in [3.05, 3.63) is 69.8 Å². The smallest absolute Gasteiger partial charge is 0.270 e. The van der Waals surface area contributed by atoms with Crippen molar-refractivity contribution in [2.24, 2.45) is 0 Å². The van der Waals surface area contributed by atoms with Gasteiger partial charge in [0.05, 0.1) is 10.5 Å². The van der Waals surface area contributed by atoms with E-state index in [1.807, 2.05) is 43.3 Å². The molecule has 0 aliphatic carbocycles. The largest absolute Gasteiger partial charge is 0.507 e. The second-order valence-corrected chi connectivity index (χ2v) is 5.14. The van der Waals surface area contributed by atoms with Crippen molar-refractivity contribution >= 4 is 23.2 Å². The van der Waals surface area contributed by atoms with Crippen LogP contribution in [0.3, 0.4) is 0 Å². The summed E-state index contributed by atoms with van der Waals surface area (Å²) in [5, 5.41) is 20.4. The van der Waals surface area contributed by atoms with Gasteiger partial charge in [0.2, 0.25) is 0 Å². The van der Waals surface area contributed by atoms with Gasteiger partial charge in [0.1, 0.15) is 5.75 Å². The molecule has 0 aromatic heterocycles. The lowest BCUT2D eigenvalue weighted by Crippen LogP contribution is -2.07. The van der Waals surface area contributed by atoms with Crippen molar-refractivity contribution in [2.45, 2.75) is 0 Å². The zero-order chi connectivity index (χ0) is 17.0. The molecule has 0 fully saturated rings. The number of non-ortho nitro benzene ring substituents is 1. The van der Waals surface area contributed by atoms with Gasteiger partial charge in [-0.2, -0.15) is 0 Å². The van der Waals surface area contributed by atoms with Crippen LogP contribution in [-0.2, 0) is 0 Å². The summed E-state index contributed by atoms with van der Waals surface area (Å²) in [7, 11) is 3.86. The average molecular weight is 312 g/mol. The van der Waals surface area contributed by atoms with E-state index in [4.69, 9.17) is 0 Å². The van der Waals surface area contributed by atoms with Gasteiger partial charge in [-0.15, -0.1) is 0 Å². The quantitative estimate of drug-likeness (QED) is 0.396. The van der Waals surface area contributed by atoms with Crippen LogP contribution >= 0.6 is 0 Å². The van der Waals surface area contributed by atoms with Gasteiger partial charge in [-0.3, -0.25) is 14.9 Å². The number of phenols is 1. The molecule has 6 nitrogen and oxygen atoms in total. The molecule has 2 aromatic carbocycles. The molecular formula is C17H16N2O4. The van der Waals surface area contributed by atoms with Crippen LogP contribution in [0.15, 0.2) is 48.5 Å². The van der Waals surface area contributed by atoms with Gasteiger partial charge in [0.15, 0.2) is 5.78 Å². The fourth-order valence-electron chi connectivity index (χ4n) is 1.98. The van der Waals surface area contributed by atoms with Gasteiger partial charge in [0, 0.05) is 31.9 Å². The number of hydrogen-bond donors (Lipinski definition) is 1. The number of carbonyl (C=O) groups is 1. The zero-order valence-electron chi connectivity index (χ0n) is 12.8. The number of rotatable bonds is 5. The first-order valence-electron chi connectivity index (χ1n) is 6.85. The third kappa shape index (κ3) is 3.94. The predicted octanol–water partition coefficient (Wildman–Crippen LogP) is 3.26. The average Bonchev–Trinajstić information content (AvgIpc) is 2.53. The molecule has 23 heavy (non-hydrogen) atoms. The number of aromatic hydroxyl groups is 1. The molecule has 6 heteroatoms. The molecule has 0 saturated carbocycles. The van der Waals surface area contributed by atoms with Crippen molar-refractivity contribution in [3.63, 3.8) is 0 Å². The summed E-state index contributed by atoms with van der Waals surface area (Å²) >= 11 is 0. The lowest BCUT2D eigenvalue weighted by Gasteiger charge is -2.11. The Morgan fingerprint density at radius 3 is 2.39 bits per heavy atom. The summed E-state index contributed by atoms with van der Waals surface area (Å²) < 4.78 is 0. The molecule has 0 bridgehead atoms. The molecule has 0 heterocycles. The van der Waals surface area contributed by atoms with Crippen LogP contribution in [0.1, 0.15) is 15.9 Å². The minimum Gasteiger partial charge on any atom is -0.507 e. The van der Waals surface area contributed by atoms with Crippen LogP contribution in [-0.4, -0.2) is 29.9 Å². The van der Waals surface area contributed by atoms with Crippen molar-refractivity contribution in [3.8, 4) is 5.75 Å². The van der Waals surface area contributed by atoms with Crippen LogP contribution in [0.5, 0.6) is 5.75 Å². The van der Waals surface area contributed by atoms with Crippen LogP contribution in [0.4, 0.5) is 11.4 Å². The molecule has 0 atom stereocenters. The highest BCUT2D eigenvalue weighted by Gasteiger charge is 2.14. The van der Waals surface area contributed by atoms with E-state index < -0.39 is 10.7 Å². The van der Waals surface area contributed by atoms with E-state index in [1.54, 1.807) is 6.08 Å². The number of hydrogen-bond acceptors (Lipinski definition) is 5. The molecule has 0 saturated heterocycles. The zero-order valence-corrected chi connectivity index (χ0v) is 12.8. The first kappa shape index (κ1) is 16.2. The molecule has 118 valence electrons. The van der Waals surface area contributed by atoms with Crippen LogP contribution in [0, 0.1) is 10.1 Å². The normalized spacial score (nSPS) is 10.7. The predicted molar refractivity (Wildman–Crippen MR) is 88.9 cm³/mol. The highest BCUT2D eigenvalue weighted by molar-refractivity contribution is 6.08. The van der Waals surface area contributed by atoms with Gasteiger partial charge in [-0.05, 0) is 29.8 Å². The number of anilines is 1. The van der Waals surface area contributed by atoms with Gasteiger partial charge in [-0.1, -0.05) is 18.2 Å². The molecule has 0 spiro atoms. The van der Waals surface area contributed by atoms with Gasteiger partial charge >= 0.3 is 0 Å². The Kier molecular flexibility index (Phi) is 4.75. The summed E-state index contributed by atoms with van der Waals surface area (Å²) in [5.41, 5.74) is 1.51. The van der Waals surface area contributed by atoms with Gasteiger partial charge < -0.3 is 10.0 Å². The van der Waals surface area contributed by atoms with Crippen molar-refractivity contribution in [2.75, 3.05) is 19.0 Å². The lowest BCUT2D eigenvalue weighted by molar-refractivity contribution is -0.384. The topological polar surface area (TPSA) is 83.7 Å². The molecule has 0 unspecified atom stereocenters. The molecule has 2 aromatic rings. The molecular weight excluding hydrogens is 296 g/mol. The van der Waals surface area contributed by atoms with Crippen LogP contribution < -0.4 is 4.90 Å². The number of nitro benzene ring substituents is 1. The standard InChI is InChI=1S/C17H16N2O4/c1-18(2)13-6-3-12(4-7-13)5-9-16(20)15-11-14(19(22)23)8-10-17(15)21/h3-11,21H,1-2H3. The Labute approximate surface area is 133 Å². The van der Waals surface area contributed by atoms with Crippen molar-refractivity contribution in [1.82, 2.24) is 0 Å². The highest BCUT2D eigenvalue weighted by atomic mass is 16.6. The Morgan fingerprint density at radius 2 is 1.83 bits per heavy atom. The summed E-state index contributed by atoms with van der Waals surface area (Å²) in [4.78, 5) is 24.2. The van der Waals surface area contributed by atoms with E-state index >= 15 is 0 Å². The molecule has 0 aliphatic heterocycles. The van der Waals surface area contributed by atoms with Crippen LogP contribution in [0.2, 0.25) is 0 Å². The minimum atomic E-state index is -0.611. The summed E-state index contributed by atoms with van der Waals surface area (Å²) in [6, 6.07) is 10.9. The number of allylic oxidation sites excluding steroid dienone is 1. The summed E-state index contributed by atoms with van der Waals surface area (Å²) in [5.74, 6) is -0.781. The maximum Gasteiger partial charge on any atom is 0.270 e. The molecule has 0 aliphatic rings. The van der Waals surface area contributed by atoms with E-state index in [2.05, 4.69) is 0 Å². The second-order valence-electron chi connectivity index (χ2n) is 5.14.